The number of fused-ring (bicyclic) bond motifs is 1. The summed E-state index contributed by atoms with van der Waals surface area (Å²) in [6, 6.07) is 9.05. The summed E-state index contributed by atoms with van der Waals surface area (Å²) in [7, 11) is 1.54. The Kier molecular flexibility index (Phi) is 6.17. The first kappa shape index (κ1) is 22.2. The summed E-state index contributed by atoms with van der Waals surface area (Å²) in [5.41, 5.74) is 2.59. The molecule has 0 radical (unpaired) electrons. The Morgan fingerprint density at radius 1 is 1.19 bits per heavy atom. The maximum Gasteiger partial charge on any atom is 0.395 e. The zero-order valence-electron chi connectivity index (χ0n) is 17.3. The second-order valence-electron chi connectivity index (χ2n) is 7.52. The van der Waals surface area contributed by atoms with Crippen molar-refractivity contribution in [2.24, 2.45) is 11.8 Å². The highest BCUT2D eigenvalue weighted by molar-refractivity contribution is 6.33. The molecule has 2 unspecified atom stereocenters. The maximum absolute atomic E-state index is 13.1. The Hall–Kier alpha value is -2.97. The third-order valence-electron chi connectivity index (χ3n) is 5.18. The van der Waals surface area contributed by atoms with Gasteiger partial charge in [-0.2, -0.15) is 13.2 Å². The van der Waals surface area contributed by atoms with E-state index in [-0.39, 0.29) is 6.61 Å². The number of hydrogen-bond donors (Lipinski definition) is 1. The van der Waals surface area contributed by atoms with Gasteiger partial charge in [-0.1, -0.05) is 36.7 Å². The topological polar surface area (TPSA) is 59.9 Å². The highest BCUT2D eigenvalue weighted by Crippen LogP contribution is 2.37. The quantitative estimate of drug-likeness (QED) is 0.493. The number of rotatable bonds is 5. The first-order valence-corrected chi connectivity index (χ1v) is 10.3. The average molecular weight is 461 g/mol. The minimum absolute atomic E-state index is 0.181. The predicted octanol–water partition coefficient (Wildman–Crippen LogP) is 6.17. The number of nitrogens with one attached hydrogen (secondary N) is 1. The van der Waals surface area contributed by atoms with E-state index in [1.165, 1.54) is 19.3 Å². The molecule has 4 rings (SSSR count). The van der Waals surface area contributed by atoms with Gasteiger partial charge in [0.2, 0.25) is 0 Å². The van der Waals surface area contributed by atoms with Crippen LogP contribution in [0.1, 0.15) is 12.7 Å². The Morgan fingerprint density at radius 2 is 2.00 bits per heavy atom. The van der Waals surface area contributed by atoms with Crippen LogP contribution in [0.5, 0.6) is 0 Å². The van der Waals surface area contributed by atoms with Crippen molar-refractivity contribution >= 4 is 28.3 Å². The summed E-state index contributed by atoms with van der Waals surface area (Å²) in [5, 5.41) is 4.38. The van der Waals surface area contributed by atoms with Gasteiger partial charge in [-0.15, -0.1) is 0 Å². The molecule has 3 aromatic rings. The van der Waals surface area contributed by atoms with Gasteiger partial charge in [-0.25, -0.2) is 9.97 Å². The molecule has 0 aliphatic heterocycles. The predicted molar refractivity (Wildman–Crippen MR) is 118 cm³/mol. The number of alkyl halides is 3. The lowest BCUT2D eigenvalue weighted by atomic mass is 9.88. The normalized spacial score (nSPS) is 18.6. The third-order valence-corrected chi connectivity index (χ3v) is 5.49. The zero-order valence-corrected chi connectivity index (χ0v) is 18.1. The van der Waals surface area contributed by atoms with E-state index in [0.717, 1.165) is 5.56 Å². The molecule has 166 valence electrons. The maximum atomic E-state index is 13.1. The number of halogens is 4. The summed E-state index contributed by atoms with van der Waals surface area (Å²) in [6.07, 6.45) is 1.54. The molecule has 2 heterocycles. The van der Waals surface area contributed by atoms with Crippen LogP contribution in [-0.2, 0) is 11.3 Å². The highest BCUT2D eigenvalue weighted by Gasteiger charge is 2.41. The number of ether oxygens (including phenoxy) is 1. The Bertz CT molecular complexity index is 1210. The molecule has 1 aliphatic rings. The number of methoxy groups -OCH3 is 1. The second kappa shape index (κ2) is 8.88. The van der Waals surface area contributed by atoms with E-state index in [1.54, 1.807) is 31.3 Å². The van der Waals surface area contributed by atoms with Crippen LogP contribution in [-0.4, -0.2) is 28.2 Å². The van der Waals surface area contributed by atoms with Crippen LogP contribution in [0.25, 0.3) is 22.2 Å². The molecule has 5 nitrogen and oxygen atoms in total. The number of allylic oxidation sites excluding steroid dienone is 3. The van der Waals surface area contributed by atoms with Crippen molar-refractivity contribution in [1.82, 2.24) is 15.0 Å². The number of aromatic nitrogens is 3. The van der Waals surface area contributed by atoms with Crippen molar-refractivity contribution in [3.05, 3.63) is 71.3 Å². The van der Waals surface area contributed by atoms with Gasteiger partial charge < -0.3 is 10.1 Å². The lowest BCUT2D eigenvalue weighted by Gasteiger charge is -2.25. The molecule has 1 aliphatic carbocycles. The molecule has 0 fully saturated rings. The number of pyridine rings is 1. The molecule has 0 saturated carbocycles. The molecule has 9 heteroatoms. The molecular weight excluding hydrogens is 441 g/mol. The molecule has 0 amide bonds. The smallest absolute Gasteiger partial charge is 0.377 e. The van der Waals surface area contributed by atoms with E-state index >= 15 is 0 Å². The Balaban J connectivity index is 1.73. The lowest BCUT2D eigenvalue weighted by molar-refractivity contribution is -0.169. The largest absolute Gasteiger partial charge is 0.395 e. The van der Waals surface area contributed by atoms with Gasteiger partial charge in [0.15, 0.2) is 5.82 Å². The van der Waals surface area contributed by atoms with Gasteiger partial charge >= 0.3 is 6.18 Å². The Labute approximate surface area is 188 Å². The van der Waals surface area contributed by atoms with E-state index in [4.69, 9.17) is 16.3 Å². The van der Waals surface area contributed by atoms with Crippen molar-refractivity contribution in [3.63, 3.8) is 0 Å². The number of anilines is 1. The fourth-order valence-corrected chi connectivity index (χ4v) is 3.89. The van der Waals surface area contributed by atoms with Crippen molar-refractivity contribution < 1.29 is 17.9 Å². The first-order chi connectivity index (χ1) is 15.3. The van der Waals surface area contributed by atoms with Crippen LogP contribution in [0.3, 0.4) is 0 Å². The SMILES string of the molecule is COCc1nc(NC2=CC(C)C(C(F)(F)F)C=C2)c2ccc(-c3ncccc3Cl)cc2n1. The van der Waals surface area contributed by atoms with Crippen LogP contribution >= 0.6 is 11.6 Å². The van der Waals surface area contributed by atoms with Crippen LogP contribution in [0.15, 0.2) is 60.5 Å². The minimum atomic E-state index is -4.28. The molecule has 0 spiro atoms. The Morgan fingerprint density at radius 3 is 2.69 bits per heavy atom. The summed E-state index contributed by atoms with van der Waals surface area (Å²) in [4.78, 5) is 13.4. The summed E-state index contributed by atoms with van der Waals surface area (Å²) in [6.45, 7) is 1.72. The minimum Gasteiger partial charge on any atom is -0.377 e. The summed E-state index contributed by atoms with van der Waals surface area (Å²) < 4.78 is 44.6. The number of hydrogen-bond acceptors (Lipinski definition) is 5. The van der Waals surface area contributed by atoms with Crippen molar-refractivity contribution in [2.45, 2.75) is 19.7 Å². The van der Waals surface area contributed by atoms with Gasteiger partial charge in [0.1, 0.15) is 12.4 Å². The van der Waals surface area contributed by atoms with E-state index in [1.807, 2.05) is 18.2 Å². The van der Waals surface area contributed by atoms with Gasteiger partial charge in [0.25, 0.3) is 0 Å². The van der Waals surface area contributed by atoms with Gasteiger partial charge in [0.05, 0.1) is 22.2 Å². The van der Waals surface area contributed by atoms with E-state index < -0.39 is 18.0 Å². The number of nitrogens with zero attached hydrogens (tertiary/aromatic N) is 3. The monoisotopic (exact) mass is 460 g/mol. The highest BCUT2D eigenvalue weighted by atomic mass is 35.5. The molecule has 0 saturated heterocycles. The molecule has 32 heavy (non-hydrogen) atoms. The van der Waals surface area contributed by atoms with Crippen molar-refractivity contribution in [3.8, 4) is 11.3 Å². The van der Waals surface area contributed by atoms with Crippen molar-refractivity contribution in [2.75, 3.05) is 12.4 Å². The zero-order chi connectivity index (χ0) is 22.9. The average Bonchev–Trinajstić information content (AvgIpc) is 2.73. The van der Waals surface area contributed by atoms with Gasteiger partial charge in [-0.3, -0.25) is 4.98 Å². The number of benzene rings is 1. The molecule has 1 N–H and O–H groups in total. The van der Waals surface area contributed by atoms with Gasteiger partial charge in [0, 0.05) is 30.0 Å². The third kappa shape index (κ3) is 4.61. The second-order valence-corrected chi connectivity index (χ2v) is 7.93. The fourth-order valence-electron chi connectivity index (χ4n) is 3.66. The first-order valence-electron chi connectivity index (χ1n) is 9.90. The molecular formula is C23H20ClF3N4O. The summed E-state index contributed by atoms with van der Waals surface area (Å²) >= 11 is 6.29. The summed E-state index contributed by atoms with van der Waals surface area (Å²) in [5.74, 6) is -1.29. The van der Waals surface area contributed by atoms with E-state index in [9.17, 15) is 13.2 Å². The van der Waals surface area contributed by atoms with Crippen LogP contribution in [0.4, 0.5) is 19.0 Å². The molecule has 2 atom stereocenters. The van der Waals surface area contributed by atoms with E-state index in [2.05, 4.69) is 20.3 Å². The van der Waals surface area contributed by atoms with Crippen LogP contribution in [0.2, 0.25) is 5.02 Å². The lowest BCUT2D eigenvalue weighted by Crippen LogP contribution is -2.28. The molecule has 2 aromatic heterocycles. The van der Waals surface area contributed by atoms with E-state index in [0.29, 0.717) is 39.0 Å². The molecule has 1 aromatic carbocycles. The standard InChI is InChI=1S/C23H20ClF3N4O/c1-13-10-15(6-8-17(13)23(25,26)27)29-22-16-7-5-14(21-18(24)4-3-9-28-21)11-19(16)30-20(31-22)12-32-2/h3-11,13,17H,12H2,1-2H3,(H,29,30,31). The molecule has 0 bridgehead atoms. The fraction of sp³-hybridized carbons (Fsp3) is 0.261. The van der Waals surface area contributed by atoms with Crippen molar-refractivity contribution in [1.29, 1.82) is 0 Å². The van der Waals surface area contributed by atoms with Gasteiger partial charge in [-0.05, 0) is 36.3 Å². The van der Waals surface area contributed by atoms with Crippen LogP contribution < -0.4 is 5.32 Å². The van der Waals surface area contributed by atoms with Crippen LogP contribution in [0, 0.1) is 11.8 Å².